The molecule has 1 amide bonds. The van der Waals surface area contributed by atoms with E-state index in [1.165, 1.54) is 16.4 Å². The molecule has 0 aliphatic carbocycles. The van der Waals surface area contributed by atoms with Gasteiger partial charge in [0.15, 0.2) is 0 Å². The molecule has 1 saturated heterocycles. The number of hydrogen-bond donors (Lipinski definition) is 1. The zero-order valence-corrected chi connectivity index (χ0v) is 15.8. The first-order chi connectivity index (χ1) is 12.4. The van der Waals surface area contributed by atoms with Gasteiger partial charge < -0.3 is 10.2 Å². The molecule has 0 spiro atoms. The highest BCUT2D eigenvalue weighted by atomic mass is 32.2. The Morgan fingerprint density at radius 2 is 1.69 bits per heavy atom. The maximum absolute atomic E-state index is 12.7. The lowest BCUT2D eigenvalue weighted by atomic mass is 10.2. The second-order valence-corrected chi connectivity index (χ2v) is 8.47. The molecule has 26 heavy (non-hydrogen) atoms. The summed E-state index contributed by atoms with van der Waals surface area (Å²) in [5.41, 5.74) is 2.01. The van der Waals surface area contributed by atoms with Crippen LogP contribution in [0.4, 0.5) is 11.4 Å². The third kappa shape index (κ3) is 3.89. The first kappa shape index (κ1) is 18.4. The van der Waals surface area contributed by atoms with Crippen molar-refractivity contribution in [1.82, 2.24) is 4.31 Å². The van der Waals surface area contributed by atoms with E-state index < -0.39 is 10.0 Å². The smallest absolute Gasteiger partial charge is 0.255 e. The predicted molar refractivity (Wildman–Crippen MR) is 103 cm³/mol. The zero-order chi connectivity index (χ0) is 18.7. The number of benzene rings is 2. The molecular weight excluding hydrogens is 350 g/mol. The van der Waals surface area contributed by atoms with Crippen LogP contribution in [0.3, 0.4) is 0 Å². The van der Waals surface area contributed by atoms with Gasteiger partial charge in [-0.15, -0.1) is 0 Å². The van der Waals surface area contributed by atoms with Gasteiger partial charge in [0, 0.05) is 44.1 Å². The number of carbonyl (C=O) groups excluding carboxylic acids is 1. The Bertz CT molecular complexity index is 887. The number of nitrogens with one attached hydrogen (secondary N) is 1. The normalized spacial score (nSPS) is 15.0. The molecule has 138 valence electrons. The van der Waals surface area contributed by atoms with Gasteiger partial charge in [0.05, 0.1) is 4.90 Å². The van der Waals surface area contributed by atoms with Crippen LogP contribution in [0.25, 0.3) is 0 Å². The molecule has 0 unspecified atom stereocenters. The minimum Gasteiger partial charge on any atom is -0.378 e. The monoisotopic (exact) mass is 373 g/mol. The zero-order valence-electron chi connectivity index (χ0n) is 15.0. The highest BCUT2D eigenvalue weighted by Gasteiger charge is 2.27. The molecule has 3 rings (SSSR count). The first-order valence-corrected chi connectivity index (χ1v) is 10.0. The molecule has 0 atom stereocenters. The summed E-state index contributed by atoms with van der Waals surface area (Å²) in [7, 11) is 0.354. The van der Waals surface area contributed by atoms with Crippen molar-refractivity contribution in [2.75, 3.05) is 37.4 Å². The maximum atomic E-state index is 12.7. The van der Waals surface area contributed by atoms with Crippen LogP contribution in [0, 0.1) is 0 Å². The molecule has 0 saturated carbocycles. The van der Waals surface area contributed by atoms with Gasteiger partial charge in [-0.05, 0) is 55.3 Å². The average molecular weight is 373 g/mol. The van der Waals surface area contributed by atoms with Crippen LogP contribution < -0.4 is 10.2 Å². The van der Waals surface area contributed by atoms with Crippen LogP contribution >= 0.6 is 0 Å². The fourth-order valence-electron chi connectivity index (χ4n) is 2.92. The molecular formula is C19H23N3O3S. The summed E-state index contributed by atoms with van der Waals surface area (Å²) < 4.78 is 26.8. The first-order valence-electron chi connectivity index (χ1n) is 8.57. The Hall–Kier alpha value is -2.38. The van der Waals surface area contributed by atoms with E-state index in [1.807, 2.05) is 43.3 Å². The molecule has 1 aliphatic rings. The minimum atomic E-state index is -3.53. The SMILES string of the molecule is CN(C)c1ccc(NC(=O)c2cccc(S(=O)(=O)N3CCCC3)c2)cc1. The van der Waals surface area contributed by atoms with Crippen molar-refractivity contribution in [3.05, 3.63) is 54.1 Å². The average Bonchev–Trinajstić information content (AvgIpc) is 3.18. The van der Waals surface area contributed by atoms with Gasteiger partial charge in [0.25, 0.3) is 5.91 Å². The van der Waals surface area contributed by atoms with Gasteiger partial charge >= 0.3 is 0 Å². The minimum absolute atomic E-state index is 0.162. The van der Waals surface area contributed by atoms with Crippen molar-refractivity contribution in [1.29, 1.82) is 0 Å². The van der Waals surface area contributed by atoms with Crippen molar-refractivity contribution in [3.63, 3.8) is 0 Å². The van der Waals surface area contributed by atoms with Crippen LogP contribution in [0.15, 0.2) is 53.4 Å². The molecule has 1 heterocycles. The van der Waals surface area contributed by atoms with E-state index in [0.29, 0.717) is 24.3 Å². The Morgan fingerprint density at radius 3 is 2.31 bits per heavy atom. The molecule has 2 aromatic rings. The maximum Gasteiger partial charge on any atom is 0.255 e. The van der Waals surface area contributed by atoms with Crippen molar-refractivity contribution in [2.24, 2.45) is 0 Å². The molecule has 0 radical (unpaired) electrons. The quantitative estimate of drug-likeness (QED) is 0.875. The van der Waals surface area contributed by atoms with Crippen LogP contribution in [-0.2, 0) is 10.0 Å². The highest BCUT2D eigenvalue weighted by molar-refractivity contribution is 7.89. The fraction of sp³-hybridized carbons (Fsp3) is 0.316. The van der Waals surface area contributed by atoms with Gasteiger partial charge in [-0.2, -0.15) is 4.31 Å². The largest absolute Gasteiger partial charge is 0.378 e. The summed E-state index contributed by atoms with van der Waals surface area (Å²) >= 11 is 0. The number of amides is 1. The standard InChI is InChI=1S/C19H23N3O3S/c1-21(2)17-10-8-16(9-11-17)20-19(23)15-6-5-7-18(14-15)26(24,25)22-12-3-4-13-22/h5-11,14H,3-4,12-13H2,1-2H3,(H,20,23). The van der Waals surface area contributed by atoms with E-state index in [0.717, 1.165) is 18.5 Å². The van der Waals surface area contributed by atoms with Gasteiger partial charge in [-0.25, -0.2) is 8.42 Å². The summed E-state index contributed by atoms with van der Waals surface area (Å²) in [6.45, 7) is 1.08. The van der Waals surface area contributed by atoms with Gasteiger partial charge in [0.1, 0.15) is 0 Å². The summed E-state index contributed by atoms with van der Waals surface area (Å²) in [6.07, 6.45) is 1.75. The van der Waals surface area contributed by atoms with Gasteiger partial charge in [-0.1, -0.05) is 6.07 Å². The third-order valence-electron chi connectivity index (χ3n) is 4.44. The lowest BCUT2D eigenvalue weighted by Gasteiger charge is -2.16. The van der Waals surface area contributed by atoms with Crippen LogP contribution in [0.2, 0.25) is 0 Å². The van der Waals surface area contributed by atoms with E-state index >= 15 is 0 Å². The van der Waals surface area contributed by atoms with Gasteiger partial charge in [-0.3, -0.25) is 4.79 Å². The molecule has 0 aromatic heterocycles. The summed E-state index contributed by atoms with van der Waals surface area (Å²) in [5, 5.41) is 2.81. The number of hydrogen-bond acceptors (Lipinski definition) is 4. The van der Waals surface area contributed by atoms with Crippen LogP contribution in [0.1, 0.15) is 23.2 Å². The number of anilines is 2. The van der Waals surface area contributed by atoms with Crippen molar-refractivity contribution >= 4 is 27.3 Å². The molecule has 1 N–H and O–H groups in total. The Labute approximate surface area is 154 Å². The van der Waals surface area contributed by atoms with Crippen LogP contribution in [-0.4, -0.2) is 45.8 Å². The summed E-state index contributed by atoms with van der Waals surface area (Å²) in [4.78, 5) is 14.6. The number of nitrogens with zero attached hydrogens (tertiary/aromatic N) is 2. The number of sulfonamides is 1. The Balaban J connectivity index is 1.78. The Morgan fingerprint density at radius 1 is 1.04 bits per heavy atom. The van der Waals surface area contributed by atoms with Crippen molar-refractivity contribution in [3.8, 4) is 0 Å². The fourth-order valence-corrected chi connectivity index (χ4v) is 4.48. The van der Waals surface area contributed by atoms with Gasteiger partial charge in [0.2, 0.25) is 10.0 Å². The van der Waals surface area contributed by atoms with E-state index in [4.69, 9.17) is 0 Å². The topological polar surface area (TPSA) is 69.7 Å². The number of rotatable bonds is 5. The highest BCUT2D eigenvalue weighted by Crippen LogP contribution is 2.22. The summed E-state index contributed by atoms with van der Waals surface area (Å²) in [5.74, 6) is -0.332. The molecule has 0 bridgehead atoms. The second-order valence-electron chi connectivity index (χ2n) is 6.53. The molecule has 6 nitrogen and oxygen atoms in total. The van der Waals surface area contributed by atoms with Crippen LogP contribution in [0.5, 0.6) is 0 Å². The molecule has 1 aliphatic heterocycles. The predicted octanol–water partition coefficient (Wildman–Crippen LogP) is 2.79. The molecule has 2 aromatic carbocycles. The van der Waals surface area contributed by atoms with E-state index in [2.05, 4.69) is 5.32 Å². The lowest BCUT2D eigenvalue weighted by Crippen LogP contribution is -2.28. The van der Waals surface area contributed by atoms with E-state index in [-0.39, 0.29) is 10.8 Å². The number of carbonyl (C=O) groups is 1. The summed E-state index contributed by atoms with van der Waals surface area (Å²) in [6, 6.07) is 13.6. The third-order valence-corrected chi connectivity index (χ3v) is 6.34. The van der Waals surface area contributed by atoms with E-state index in [9.17, 15) is 13.2 Å². The molecule has 7 heteroatoms. The van der Waals surface area contributed by atoms with E-state index in [1.54, 1.807) is 12.1 Å². The van der Waals surface area contributed by atoms with Crippen molar-refractivity contribution < 1.29 is 13.2 Å². The molecule has 1 fully saturated rings. The lowest BCUT2D eigenvalue weighted by molar-refractivity contribution is 0.102. The Kier molecular flexibility index (Phi) is 5.29. The second kappa shape index (κ2) is 7.47. The van der Waals surface area contributed by atoms with Crippen molar-refractivity contribution in [2.45, 2.75) is 17.7 Å².